The number of hydrogen-bond acceptors (Lipinski definition) is 2. The van der Waals surface area contributed by atoms with Crippen molar-refractivity contribution in [3.05, 3.63) is 69.8 Å². The van der Waals surface area contributed by atoms with Crippen LogP contribution in [0.5, 0.6) is 0 Å². The molecule has 0 amide bonds. The Morgan fingerprint density at radius 3 is 1.74 bits per heavy atom. The van der Waals surface area contributed by atoms with Crippen LogP contribution >= 0.6 is 0 Å². The molecule has 3 aliphatic rings. The number of carbonyl (C=O) groups is 2. The molecule has 0 aliphatic heterocycles. The molecule has 0 saturated heterocycles. The highest BCUT2D eigenvalue weighted by molar-refractivity contribution is 6.13. The van der Waals surface area contributed by atoms with Crippen molar-refractivity contribution >= 4 is 11.6 Å². The predicted octanol–water partition coefficient (Wildman–Crippen LogP) is 6.44. The lowest BCUT2D eigenvalue weighted by molar-refractivity contribution is -0.123. The van der Waals surface area contributed by atoms with Gasteiger partial charge in [-0.25, -0.2) is 0 Å². The molecule has 0 unspecified atom stereocenters. The molecule has 0 spiro atoms. The van der Waals surface area contributed by atoms with E-state index in [1.54, 1.807) is 0 Å². The minimum absolute atomic E-state index is 0.0780. The van der Waals surface area contributed by atoms with E-state index in [0.29, 0.717) is 12.8 Å². The van der Waals surface area contributed by atoms with Crippen LogP contribution in [0.4, 0.5) is 0 Å². The number of rotatable bonds is 3. The average molecular weight is 415 g/mol. The zero-order valence-electron chi connectivity index (χ0n) is 19.6. The molecular formula is C29H34O2. The summed E-state index contributed by atoms with van der Waals surface area (Å²) in [5, 5.41) is 0. The minimum atomic E-state index is -0.530. The fraction of sp³-hybridized carbons (Fsp3) is 0.517. The zero-order chi connectivity index (χ0) is 22.2. The molecule has 2 fully saturated rings. The van der Waals surface area contributed by atoms with Crippen LogP contribution in [0.3, 0.4) is 0 Å². The molecule has 0 radical (unpaired) electrons. The summed E-state index contributed by atoms with van der Waals surface area (Å²) in [7, 11) is 0. The largest absolute Gasteiger partial charge is 0.299 e. The van der Waals surface area contributed by atoms with Gasteiger partial charge in [-0.05, 0) is 76.8 Å². The Morgan fingerprint density at radius 1 is 0.710 bits per heavy atom. The third-order valence-electron chi connectivity index (χ3n) is 8.52. The van der Waals surface area contributed by atoms with Crippen LogP contribution in [0.25, 0.3) is 0 Å². The van der Waals surface area contributed by atoms with Crippen LogP contribution in [0, 0.1) is 6.92 Å². The Hall–Kier alpha value is -2.22. The molecule has 2 heteroatoms. The maximum absolute atomic E-state index is 12.2. The quantitative estimate of drug-likeness (QED) is 0.542. The van der Waals surface area contributed by atoms with E-state index in [4.69, 9.17) is 0 Å². The van der Waals surface area contributed by atoms with Crippen molar-refractivity contribution in [1.29, 1.82) is 0 Å². The Balaban J connectivity index is 1.55. The molecule has 0 N–H and O–H groups in total. The first-order valence-corrected chi connectivity index (χ1v) is 11.9. The van der Waals surface area contributed by atoms with Crippen molar-refractivity contribution in [3.63, 3.8) is 0 Å². The smallest absolute Gasteiger partial charge is 0.148 e. The van der Waals surface area contributed by atoms with E-state index in [0.717, 1.165) is 18.4 Å². The van der Waals surface area contributed by atoms with E-state index in [1.807, 2.05) is 12.1 Å². The normalized spacial score (nSPS) is 23.6. The van der Waals surface area contributed by atoms with Gasteiger partial charge in [0.2, 0.25) is 0 Å². The molecule has 0 aromatic heterocycles. The second-order valence-corrected chi connectivity index (χ2v) is 11.6. The van der Waals surface area contributed by atoms with Crippen molar-refractivity contribution in [2.75, 3.05) is 0 Å². The summed E-state index contributed by atoms with van der Waals surface area (Å²) < 4.78 is 0. The summed E-state index contributed by atoms with van der Waals surface area (Å²) >= 11 is 0. The highest BCUT2D eigenvalue weighted by atomic mass is 16.2. The SMILES string of the molecule is Cc1cc2c(cc1C1(c3ccc(C4C(=O)CCC4=O)cc3)CC1)C(C)(C)CCC2(C)C. The third-order valence-corrected chi connectivity index (χ3v) is 8.52. The average Bonchev–Trinajstić information content (AvgIpc) is 3.45. The van der Waals surface area contributed by atoms with Gasteiger partial charge in [0, 0.05) is 18.3 Å². The van der Waals surface area contributed by atoms with E-state index >= 15 is 0 Å². The highest BCUT2D eigenvalue weighted by Crippen LogP contribution is 2.57. The molecule has 2 aromatic carbocycles. The molecule has 0 heterocycles. The summed E-state index contributed by atoms with van der Waals surface area (Å²) in [6, 6.07) is 13.4. The Bertz CT molecular complexity index is 1060. The fourth-order valence-electron chi connectivity index (χ4n) is 6.16. The third kappa shape index (κ3) is 3.13. The maximum atomic E-state index is 12.2. The van der Waals surface area contributed by atoms with Crippen LogP contribution in [-0.2, 0) is 25.8 Å². The number of aryl methyl sites for hydroxylation is 1. The van der Waals surface area contributed by atoms with Gasteiger partial charge >= 0.3 is 0 Å². The maximum Gasteiger partial charge on any atom is 0.148 e. The van der Waals surface area contributed by atoms with Crippen molar-refractivity contribution in [2.24, 2.45) is 0 Å². The van der Waals surface area contributed by atoms with Crippen molar-refractivity contribution in [3.8, 4) is 0 Å². The summed E-state index contributed by atoms with van der Waals surface area (Å²) in [5.41, 5.74) is 8.62. The topological polar surface area (TPSA) is 34.1 Å². The van der Waals surface area contributed by atoms with Crippen molar-refractivity contribution < 1.29 is 9.59 Å². The molecule has 2 saturated carbocycles. The van der Waals surface area contributed by atoms with Crippen LogP contribution in [0.1, 0.15) is 106 Å². The Kier molecular flexibility index (Phi) is 4.43. The summed E-state index contributed by atoms with van der Waals surface area (Å²) in [4.78, 5) is 24.3. The van der Waals surface area contributed by atoms with Gasteiger partial charge < -0.3 is 0 Å². The zero-order valence-corrected chi connectivity index (χ0v) is 19.6. The molecule has 162 valence electrons. The highest BCUT2D eigenvalue weighted by Gasteiger charge is 2.48. The van der Waals surface area contributed by atoms with E-state index in [1.165, 1.54) is 40.7 Å². The second-order valence-electron chi connectivity index (χ2n) is 11.6. The molecule has 2 nitrogen and oxygen atoms in total. The van der Waals surface area contributed by atoms with Gasteiger partial charge in [-0.3, -0.25) is 9.59 Å². The van der Waals surface area contributed by atoms with Gasteiger partial charge in [-0.2, -0.15) is 0 Å². The molecule has 3 aliphatic carbocycles. The lowest BCUT2D eigenvalue weighted by Gasteiger charge is -2.43. The lowest BCUT2D eigenvalue weighted by Crippen LogP contribution is -2.34. The molecule has 0 bridgehead atoms. The second kappa shape index (κ2) is 6.64. The van der Waals surface area contributed by atoms with Crippen molar-refractivity contribution in [1.82, 2.24) is 0 Å². The van der Waals surface area contributed by atoms with Crippen LogP contribution in [0.2, 0.25) is 0 Å². The van der Waals surface area contributed by atoms with Gasteiger partial charge in [0.1, 0.15) is 17.5 Å². The van der Waals surface area contributed by atoms with Gasteiger partial charge in [0.15, 0.2) is 0 Å². The Morgan fingerprint density at radius 2 is 1.23 bits per heavy atom. The summed E-state index contributed by atoms with van der Waals surface area (Å²) in [6.45, 7) is 11.8. The fourth-order valence-corrected chi connectivity index (χ4v) is 6.16. The summed E-state index contributed by atoms with van der Waals surface area (Å²) in [6.07, 6.45) is 5.58. The summed E-state index contributed by atoms with van der Waals surface area (Å²) in [5.74, 6) is -0.374. The lowest BCUT2D eigenvalue weighted by atomic mass is 9.62. The van der Waals surface area contributed by atoms with E-state index in [-0.39, 0.29) is 27.8 Å². The van der Waals surface area contributed by atoms with Gasteiger partial charge in [0.25, 0.3) is 0 Å². The number of carbonyl (C=O) groups excluding carboxylic acids is 2. The number of fused-ring (bicyclic) bond motifs is 1. The van der Waals surface area contributed by atoms with E-state index in [2.05, 4.69) is 58.9 Å². The molecule has 5 rings (SSSR count). The molecule has 0 atom stereocenters. The first-order chi connectivity index (χ1) is 14.6. The van der Waals surface area contributed by atoms with Crippen molar-refractivity contribution in [2.45, 2.75) is 95.3 Å². The van der Waals surface area contributed by atoms with Crippen LogP contribution < -0.4 is 0 Å². The van der Waals surface area contributed by atoms with Gasteiger partial charge in [-0.15, -0.1) is 0 Å². The number of ketones is 2. The first-order valence-electron chi connectivity index (χ1n) is 11.9. The predicted molar refractivity (Wildman–Crippen MR) is 125 cm³/mol. The number of Topliss-reactive ketones (excluding diaryl/α,β-unsaturated/α-hetero) is 2. The number of hydrogen-bond donors (Lipinski definition) is 0. The van der Waals surface area contributed by atoms with E-state index in [9.17, 15) is 9.59 Å². The standard InChI is InChI=1S/C29H34O2/c1-18-16-22-23(28(4,5)13-12-27(22,2)3)17-21(18)29(14-15-29)20-8-6-19(7-9-20)26-24(30)10-11-25(26)31/h6-9,16-17,26H,10-15H2,1-5H3. The van der Waals surface area contributed by atoms with Gasteiger partial charge in [0.05, 0.1) is 0 Å². The van der Waals surface area contributed by atoms with Crippen LogP contribution in [-0.4, -0.2) is 11.6 Å². The van der Waals surface area contributed by atoms with Crippen LogP contribution in [0.15, 0.2) is 36.4 Å². The molecule has 2 aromatic rings. The molecule has 31 heavy (non-hydrogen) atoms. The van der Waals surface area contributed by atoms with E-state index < -0.39 is 5.92 Å². The first kappa shape index (κ1) is 20.7. The monoisotopic (exact) mass is 414 g/mol. The number of benzene rings is 2. The van der Waals surface area contributed by atoms with Gasteiger partial charge in [-0.1, -0.05) is 64.1 Å². The minimum Gasteiger partial charge on any atom is -0.299 e. The Labute approximate surface area is 186 Å². The molecular weight excluding hydrogens is 380 g/mol.